The lowest BCUT2D eigenvalue weighted by atomic mass is 10.3. The summed E-state index contributed by atoms with van der Waals surface area (Å²) >= 11 is 11.6. The number of benzene rings is 1. The molecule has 0 saturated heterocycles. The highest BCUT2D eigenvalue weighted by Crippen LogP contribution is 2.15. The minimum Gasteiger partial charge on any atom is -0.265 e. The number of aromatic nitrogens is 4. The van der Waals surface area contributed by atoms with Crippen LogP contribution in [0.1, 0.15) is 0 Å². The third-order valence-electron chi connectivity index (χ3n) is 2.71. The van der Waals surface area contributed by atoms with Crippen molar-refractivity contribution in [3.05, 3.63) is 69.5 Å². The van der Waals surface area contributed by atoms with E-state index in [4.69, 9.17) is 23.2 Å². The van der Waals surface area contributed by atoms with E-state index >= 15 is 0 Å². The molecular weight excluding hydrogens is 299 g/mol. The van der Waals surface area contributed by atoms with E-state index < -0.39 is 5.56 Å². The summed E-state index contributed by atoms with van der Waals surface area (Å²) in [5.41, 5.74) is 0.372. The molecule has 0 amide bonds. The third-order valence-corrected chi connectivity index (χ3v) is 3.13. The van der Waals surface area contributed by atoms with Crippen LogP contribution in [-0.2, 0) is 0 Å². The Kier molecular flexibility index (Phi) is 3.30. The topological polar surface area (TPSA) is 52.7 Å². The van der Waals surface area contributed by atoms with E-state index in [0.717, 1.165) is 5.69 Å². The van der Waals surface area contributed by atoms with Crippen molar-refractivity contribution in [2.45, 2.75) is 0 Å². The highest BCUT2D eigenvalue weighted by Gasteiger charge is 2.12. The van der Waals surface area contributed by atoms with Gasteiger partial charge in [-0.15, -0.1) is 0 Å². The zero-order chi connectivity index (χ0) is 14.1. The van der Waals surface area contributed by atoms with Crippen molar-refractivity contribution in [1.29, 1.82) is 0 Å². The first-order valence-corrected chi connectivity index (χ1v) is 6.47. The van der Waals surface area contributed by atoms with Crippen molar-refractivity contribution in [3.63, 3.8) is 0 Å². The predicted octanol–water partition coefficient (Wildman–Crippen LogP) is 2.72. The molecule has 2 heterocycles. The molecule has 0 N–H and O–H groups in total. The zero-order valence-electron chi connectivity index (χ0n) is 10.1. The van der Waals surface area contributed by atoms with E-state index in [1.807, 2.05) is 30.3 Å². The first-order chi connectivity index (χ1) is 9.66. The Morgan fingerprint density at radius 3 is 2.55 bits per heavy atom. The zero-order valence-corrected chi connectivity index (χ0v) is 11.6. The molecule has 20 heavy (non-hydrogen) atoms. The van der Waals surface area contributed by atoms with Crippen molar-refractivity contribution < 1.29 is 0 Å². The average Bonchev–Trinajstić information content (AvgIpc) is 2.93. The molecule has 0 saturated carbocycles. The minimum atomic E-state index is -0.450. The molecule has 0 atom stereocenters. The van der Waals surface area contributed by atoms with Crippen molar-refractivity contribution in [2.24, 2.45) is 0 Å². The van der Waals surface area contributed by atoms with Gasteiger partial charge in [-0.05, 0) is 12.1 Å². The second kappa shape index (κ2) is 5.11. The summed E-state index contributed by atoms with van der Waals surface area (Å²) in [6, 6.07) is 11.1. The van der Waals surface area contributed by atoms with Crippen LogP contribution in [0.5, 0.6) is 0 Å². The fraction of sp³-hybridized carbons (Fsp3) is 0. The maximum atomic E-state index is 12.1. The quantitative estimate of drug-likeness (QED) is 0.731. The molecule has 7 heteroatoms. The minimum absolute atomic E-state index is 0.135. The summed E-state index contributed by atoms with van der Waals surface area (Å²) in [5, 5.41) is 4.17. The van der Waals surface area contributed by atoms with Crippen LogP contribution in [0.3, 0.4) is 0 Å². The van der Waals surface area contributed by atoms with Gasteiger partial charge in [-0.1, -0.05) is 41.4 Å². The van der Waals surface area contributed by atoms with Gasteiger partial charge in [0, 0.05) is 6.07 Å². The third kappa shape index (κ3) is 2.21. The van der Waals surface area contributed by atoms with Crippen LogP contribution in [0, 0.1) is 0 Å². The van der Waals surface area contributed by atoms with E-state index in [-0.39, 0.29) is 10.3 Å². The molecule has 0 spiro atoms. The number of hydrogen-bond donors (Lipinski definition) is 0. The van der Waals surface area contributed by atoms with Crippen LogP contribution in [0.4, 0.5) is 0 Å². The molecule has 3 aromatic rings. The second-order valence-corrected chi connectivity index (χ2v) is 4.71. The summed E-state index contributed by atoms with van der Waals surface area (Å²) in [6.45, 7) is 0. The highest BCUT2D eigenvalue weighted by molar-refractivity contribution is 6.32. The summed E-state index contributed by atoms with van der Waals surface area (Å²) in [5.74, 6) is 0.535. The molecule has 0 aliphatic rings. The molecule has 0 bridgehead atoms. The molecule has 1 aromatic carbocycles. The molecule has 0 aliphatic heterocycles. The molecular formula is C13H8Cl2N4O. The van der Waals surface area contributed by atoms with Gasteiger partial charge >= 0.3 is 0 Å². The number of hydrogen-bond acceptors (Lipinski definition) is 3. The van der Waals surface area contributed by atoms with Crippen molar-refractivity contribution in [2.75, 3.05) is 0 Å². The van der Waals surface area contributed by atoms with Gasteiger partial charge in [0.1, 0.15) is 11.0 Å². The summed E-state index contributed by atoms with van der Waals surface area (Å²) in [6.07, 6.45) is 3.00. The van der Waals surface area contributed by atoms with Gasteiger partial charge in [-0.3, -0.25) is 9.36 Å². The van der Waals surface area contributed by atoms with Crippen LogP contribution in [-0.4, -0.2) is 19.3 Å². The molecule has 5 nitrogen and oxygen atoms in total. The Bertz CT molecular complexity index is 811. The Morgan fingerprint density at radius 1 is 1.05 bits per heavy atom. The normalized spacial score (nSPS) is 10.7. The second-order valence-electron chi connectivity index (χ2n) is 3.97. The van der Waals surface area contributed by atoms with Gasteiger partial charge in [0.05, 0.1) is 18.1 Å². The molecule has 2 aromatic heterocycles. The van der Waals surface area contributed by atoms with E-state index in [9.17, 15) is 4.79 Å². The fourth-order valence-corrected chi connectivity index (χ4v) is 2.26. The monoisotopic (exact) mass is 306 g/mol. The molecule has 0 radical (unpaired) electrons. The van der Waals surface area contributed by atoms with Crippen molar-refractivity contribution in [3.8, 4) is 11.5 Å². The van der Waals surface area contributed by atoms with Gasteiger partial charge < -0.3 is 0 Å². The summed E-state index contributed by atoms with van der Waals surface area (Å²) in [7, 11) is 0. The number of para-hydroxylation sites is 1. The lowest BCUT2D eigenvalue weighted by Crippen LogP contribution is -2.22. The van der Waals surface area contributed by atoms with E-state index in [1.165, 1.54) is 10.8 Å². The van der Waals surface area contributed by atoms with Gasteiger partial charge in [-0.25, -0.2) is 9.67 Å². The Hall–Kier alpha value is -2.11. The number of halogens is 2. The summed E-state index contributed by atoms with van der Waals surface area (Å²) < 4.78 is 2.94. The first-order valence-electron chi connectivity index (χ1n) is 5.71. The van der Waals surface area contributed by atoms with Crippen LogP contribution < -0.4 is 5.56 Å². The lowest BCUT2D eigenvalue weighted by Gasteiger charge is -2.09. The maximum Gasteiger partial charge on any atom is 0.294 e. The van der Waals surface area contributed by atoms with Crippen LogP contribution >= 0.6 is 23.2 Å². The number of nitrogens with zero attached hydrogens (tertiary/aromatic N) is 4. The molecule has 0 aliphatic carbocycles. The molecule has 0 unspecified atom stereocenters. The van der Waals surface area contributed by atoms with Crippen LogP contribution in [0.15, 0.2) is 53.6 Å². The average molecular weight is 307 g/mol. The Morgan fingerprint density at radius 2 is 1.80 bits per heavy atom. The first kappa shape index (κ1) is 12.9. The molecule has 0 fully saturated rings. The maximum absolute atomic E-state index is 12.1. The standard InChI is InChI=1S/C13H8Cl2N4O/c14-10-8-18(13(20)12(15)17-10)11-6-7-16-19(11)9-4-2-1-3-5-9/h1-8H. The van der Waals surface area contributed by atoms with Gasteiger partial charge in [0.15, 0.2) is 5.15 Å². The van der Waals surface area contributed by atoms with Crippen molar-refractivity contribution in [1.82, 2.24) is 19.3 Å². The van der Waals surface area contributed by atoms with Crippen LogP contribution in [0.2, 0.25) is 10.3 Å². The van der Waals surface area contributed by atoms with E-state index in [2.05, 4.69) is 10.1 Å². The number of rotatable bonds is 2. The largest absolute Gasteiger partial charge is 0.294 e. The molecule has 3 rings (SSSR count). The van der Waals surface area contributed by atoms with E-state index in [0.29, 0.717) is 5.82 Å². The molecule has 100 valence electrons. The van der Waals surface area contributed by atoms with Gasteiger partial charge in [0.25, 0.3) is 5.56 Å². The predicted molar refractivity (Wildman–Crippen MR) is 77.0 cm³/mol. The summed E-state index contributed by atoms with van der Waals surface area (Å²) in [4.78, 5) is 15.8. The Balaban J connectivity index is 2.23. The Labute approximate surface area is 124 Å². The smallest absolute Gasteiger partial charge is 0.265 e. The van der Waals surface area contributed by atoms with Crippen molar-refractivity contribution >= 4 is 23.2 Å². The SMILES string of the molecule is O=c1c(Cl)nc(Cl)cn1-c1ccnn1-c1ccccc1. The van der Waals surface area contributed by atoms with Gasteiger partial charge in [0.2, 0.25) is 0 Å². The van der Waals surface area contributed by atoms with Gasteiger partial charge in [-0.2, -0.15) is 5.10 Å². The lowest BCUT2D eigenvalue weighted by molar-refractivity contribution is 0.800. The fourth-order valence-electron chi connectivity index (χ4n) is 1.85. The highest BCUT2D eigenvalue weighted by atomic mass is 35.5. The van der Waals surface area contributed by atoms with Crippen LogP contribution in [0.25, 0.3) is 11.5 Å². The van der Waals surface area contributed by atoms with E-state index in [1.54, 1.807) is 16.9 Å².